The lowest BCUT2D eigenvalue weighted by molar-refractivity contribution is -0.122. The topological polar surface area (TPSA) is 47.6 Å². The summed E-state index contributed by atoms with van der Waals surface area (Å²) < 4.78 is 11.0. The zero-order chi connectivity index (χ0) is 18.1. The molecule has 134 valence electrons. The fraction of sp³-hybridized carbons (Fsp3) is 0.381. The van der Waals surface area contributed by atoms with Gasteiger partial charge in [-0.25, -0.2) is 0 Å². The fourth-order valence-corrected chi connectivity index (χ4v) is 2.52. The van der Waals surface area contributed by atoms with Gasteiger partial charge in [0.15, 0.2) is 6.10 Å². The van der Waals surface area contributed by atoms with E-state index >= 15 is 0 Å². The van der Waals surface area contributed by atoms with Gasteiger partial charge in [0.05, 0.1) is 7.11 Å². The Balaban J connectivity index is 1.97. The van der Waals surface area contributed by atoms with Crippen molar-refractivity contribution in [3.05, 3.63) is 54.1 Å². The molecule has 1 N–H and O–H groups in total. The van der Waals surface area contributed by atoms with Gasteiger partial charge in [-0.1, -0.05) is 38.5 Å². The van der Waals surface area contributed by atoms with Gasteiger partial charge < -0.3 is 14.8 Å². The van der Waals surface area contributed by atoms with Crippen LogP contribution < -0.4 is 14.8 Å². The van der Waals surface area contributed by atoms with Gasteiger partial charge in [0, 0.05) is 11.8 Å². The minimum atomic E-state index is -0.549. The van der Waals surface area contributed by atoms with Gasteiger partial charge in [-0.15, -0.1) is 0 Å². The third-order valence-corrected chi connectivity index (χ3v) is 4.02. The van der Waals surface area contributed by atoms with Gasteiger partial charge in [0.25, 0.3) is 5.91 Å². The molecule has 0 aliphatic rings. The molecule has 0 saturated carbocycles. The molecule has 0 bridgehead atoms. The Morgan fingerprint density at radius 3 is 2.44 bits per heavy atom. The van der Waals surface area contributed by atoms with Gasteiger partial charge in [0.1, 0.15) is 11.5 Å². The number of anilines is 1. The number of amides is 1. The zero-order valence-corrected chi connectivity index (χ0v) is 15.2. The number of hydrogen-bond acceptors (Lipinski definition) is 3. The molecule has 0 heterocycles. The van der Waals surface area contributed by atoms with Crippen molar-refractivity contribution in [2.45, 2.75) is 45.6 Å². The molecule has 0 unspecified atom stereocenters. The second-order valence-corrected chi connectivity index (χ2v) is 5.98. The molecule has 0 aliphatic heterocycles. The van der Waals surface area contributed by atoms with Crippen molar-refractivity contribution < 1.29 is 14.3 Å². The first-order valence-corrected chi connectivity index (χ1v) is 8.86. The molecule has 0 aliphatic carbocycles. The van der Waals surface area contributed by atoms with E-state index in [1.54, 1.807) is 13.2 Å². The zero-order valence-electron chi connectivity index (χ0n) is 15.2. The van der Waals surface area contributed by atoms with Gasteiger partial charge in [-0.3, -0.25) is 4.79 Å². The summed E-state index contributed by atoms with van der Waals surface area (Å²) in [4.78, 5) is 12.5. The molecule has 2 rings (SSSR count). The number of carbonyl (C=O) groups is 1. The van der Waals surface area contributed by atoms with Crippen LogP contribution in [0.5, 0.6) is 11.5 Å². The number of rotatable bonds is 9. The minimum Gasteiger partial charge on any atom is -0.497 e. The van der Waals surface area contributed by atoms with E-state index in [0.29, 0.717) is 17.9 Å². The van der Waals surface area contributed by atoms with E-state index in [1.165, 1.54) is 18.4 Å². The largest absolute Gasteiger partial charge is 0.497 e. The van der Waals surface area contributed by atoms with Crippen LogP contribution in [0.1, 0.15) is 38.7 Å². The van der Waals surface area contributed by atoms with E-state index in [-0.39, 0.29) is 5.91 Å². The van der Waals surface area contributed by atoms with Crippen molar-refractivity contribution in [1.29, 1.82) is 0 Å². The van der Waals surface area contributed by atoms with Crippen molar-refractivity contribution in [3.8, 4) is 11.5 Å². The van der Waals surface area contributed by atoms with Crippen molar-refractivity contribution in [2.75, 3.05) is 12.4 Å². The molecular formula is C21H27NO3. The maximum atomic E-state index is 12.5. The molecule has 0 spiro atoms. The molecule has 0 saturated heterocycles. The normalized spacial score (nSPS) is 11.6. The Labute approximate surface area is 150 Å². The van der Waals surface area contributed by atoms with E-state index in [0.717, 1.165) is 12.1 Å². The van der Waals surface area contributed by atoms with E-state index < -0.39 is 6.10 Å². The quantitative estimate of drug-likeness (QED) is 0.710. The number of methoxy groups -OCH3 is 1. The van der Waals surface area contributed by atoms with Crippen molar-refractivity contribution in [1.82, 2.24) is 0 Å². The van der Waals surface area contributed by atoms with Crippen LogP contribution in [0.2, 0.25) is 0 Å². The Morgan fingerprint density at radius 1 is 1.08 bits per heavy atom. The first kappa shape index (κ1) is 18.8. The highest BCUT2D eigenvalue weighted by atomic mass is 16.5. The third-order valence-electron chi connectivity index (χ3n) is 4.02. The Kier molecular flexibility index (Phi) is 7.33. The van der Waals surface area contributed by atoms with Gasteiger partial charge >= 0.3 is 0 Å². The van der Waals surface area contributed by atoms with Gasteiger partial charge in [-0.2, -0.15) is 0 Å². The van der Waals surface area contributed by atoms with Crippen molar-refractivity contribution in [3.63, 3.8) is 0 Å². The van der Waals surface area contributed by atoms with E-state index in [2.05, 4.69) is 24.4 Å². The number of hydrogen-bond donors (Lipinski definition) is 1. The van der Waals surface area contributed by atoms with Crippen LogP contribution in [-0.2, 0) is 11.2 Å². The van der Waals surface area contributed by atoms with Crippen LogP contribution in [0.25, 0.3) is 0 Å². The number of ether oxygens (including phenoxy) is 2. The standard InChI is InChI=1S/C21H27NO3/c1-4-6-8-16-11-13-17(14-12-16)22-21(23)20(5-2)25-19-10-7-9-18(15-19)24-3/h7,9-15,20H,4-6,8H2,1-3H3,(H,22,23)/t20-/m1/s1. The molecule has 1 amide bonds. The van der Waals surface area contributed by atoms with E-state index in [9.17, 15) is 4.79 Å². The summed E-state index contributed by atoms with van der Waals surface area (Å²) in [6, 6.07) is 15.3. The molecule has 2 aromatic carbocycles. The molecule has 4 nitrogen and oxygen atoms in total. The molecular weight excluding hydrogens is 314 g/mol. The smallest absolute Gasteiger partial charge is 0.265 e. The predicted molar refractivity (Wildman–Crippen MR) is 101 cm³/mol. The van der Waals surface area contributed by atoms with Crippen LogP contribution in [0.15, 0.2) is 48.5 Å². The van der Waals surface area contributed by atoms with Crippen LogP contribution in [0.4, 0.5) is 5.69 Å². The van der Waals surface area contributed by atoms with Crippen LogP contribution >= 0.6 is 0 Å². The van der Waals surface area contributed by atoms with E-state index in [4.69, 9.17) is 9.47 Å². The molecule has 2 aromatic rings. The molecule has 1 atom stereocenters. The molecule has 25 heavy (non-hydrogen) atoms. The van der Waals surface area contributed by atoms with Crippen LogP contribution in [0.3, 0.4) is 0 Å². The molecule has 0 radical (unpaired) electrons. The van der Waals surface area contributed by atoms with Crippen molar-refractivity contribution >= 4 is 11.6 Å². The first-order valence-electron chi connectivity index (χ1n) is 8.86. The van der Waals surface area contributed by atoms with Crippen molar-refractivity contribution in [2.24, 2.45) is 0 Å². The number of unbranched alkanes of at least 4 members (excludes halogenated alkanes) is 1. The highest BCUT2D eigenvalue weighted by Crippen LogP contribution is 2.21. The lowest BCUT2D eigenvalue weighted by atomic mass is 10.1. The summed E-state index contributed by atoms with van der Waals surface area (Å²) >= 11 is 0. The summed E-state index contributed by atoms with van der Waals surface area (Å²) in [5.41, 5.74) is 2.08. The maximum Gasteiger partial charge on any atom is 0.265 e. The number of aryl methyl sites for hydroxylation is 1. The van der Waals surface area contributed by atoms with E-state index in [1.807, 2.05) is 37.3 Å². The molecule has 0 fully saturated rings. The summed E-state index contributed by atoms with van der Waals surface area (Å²) in [5, 5.41) is 2.93. The maximum absolute atomic E-state index is 12.5. The molecule has 0 aromatic heterocycles. The minimum absolute atomic E-state index is 0.147. The second-order valence-electron chi connectivity index (χ2n) is 5.98. The average molecular weight is 341 g/mol. The lowest BCUT2D eigenvalue weighted by Gasteiger charge is -2.18. The summed E-state index contributed by atoms with van der Waals surface area (Å²) in [6.07, 6.45) is 3.46. The van der Waals surface area contributed by atoms with Gasteiger partial charge in [0.2, 0.25) is 0 Å². The predicted octanol–water partition coefficient (Wildman–Crippen LogP) is 4.83. The van der Waals surface area contributed by atoms with Crippen LogP contribution in [-0.4, -0.2) is 19.1 Å². The third kappa shape index (κ3) is 5.82. The first-order chi connectivity index (χ1) is 12.2. The summed E-state index contributed by atoms with van der Waals surface area (Å²) in [5.74, 6) is 1.18. The number of benzene rings is 2. The van der Waals surface area contributed by atoms with Gasteiger partial charge in [-0.05, 0) is 49.1 Å². The SMILES string of the molecule is CCCCc1ccc(NC(=O)[C@@H](CC)Oc2cccc(OC)c2)cc1. The summed E-state index contributed by atoms with van der Waals surface area (Å²) in [7, 11) is 1.60. The Bertz CT molecular complexity index is 667. The lowest BCUT2D eigenvalue weighted by Crippen LogP contribution is -2.32. The summed E-state index contributed by atoms with van der Waals surface area (Å²) in [6.45, 7) is 4.11. The Morgan fingerprint density at radius 2 is 1.80 bits per heavy atom. The Hall–Kier alpha value is -2.49. The number of carbonyl (C=O) groups excluding carboxylic acids is 1. The average Bonchev–Trinajstić information content (AvgIpc) is 2.65. The fourth-order valence-electron chi connectivity index (χ4n) is 2.52. The second kappa shape index (κ2) is 9.72. The highest BCUT2D eigenvalue weighted by molar-refractivity contribution is 5.94. The van der Waals surface area contributed by atoms with Crippen LogP contribution in [0, 0.1) is 0 Å². The highest BCUT2D eigenvalue weighted by Gasteiger charge is 2.18. The molecule has 4 heteroatoms. The monoisotopic (exact) mass is 341 g/mol. The number of nitrogens with one attached hydrogen (secondary N) is 1.